The van der Waals surface area contributed by atoms with Gasteiger partial charge in [0.1, 0.15) is 13.2 Å². The Morgan fingerprint density at radius 1 is 0.657 bits per heavy atom. The summed E-state index contributed by atoms with van der Waals surface area (Å²) in [5.74, 6) is 0. The van der Waals surface area contributed by atoms with E-state index in [1.165, 1.54) is 102 Å². The standard InChI is InChI=1S/C30H57BNO3/c1-5-8-11-14-17-22-27-33-31(34-28-23-18-15-12-9-6-2)35-30(25-19-16-13-10-7-3)29-24-20-21-26-32(29)4/h20-21,24,26,30H,5-19,22-23,25,27-28H2,1-4H3/q+1. The smallest absolute Gasteiger partial charge is 0.386 e. The van der Waals surface area contributed by atoms with Crippen LogP contribution in [-0.2, 0) is 21.0 Å². The van der Waals surface area contributed by atoms with Crippen LogP contribution in [0.3, 0.4) is 0 Å². The molecular formula is C30H57BNO3+. The van der Waals surface area contributed by atoms with Crippen molar-refractivity contribution in [1.82, 2.24) is 0 Å². The number of aryl methyl sites for hydroxylation is 1. The van der Waals surface area contributed by atoms with E-state index in [0.29, 0.717) is 13.2 Å². The summed E-state index contributed by atoms with van der Waals surface area (Å²) in [6.45, 7) is 8.20. The van der Waals surface area contributed by atoms with Crippen molar-refractivity contribution in [3.63, 3.8) is 0 Å². The second-order valence-electron chi connectivity index (χ2n) is 10.1. The van der Waals surface area contributed by atoms with Crippen LogP contribution in [-0.4, -0.2) is 20.5 Å². The predicted octanol–water partition coefficient (Wildman–Crippen LogP) is 8.67. The summed E-state index contributed by atoms with van der Waals surface area (Å²) in [6, 6.07) is 6.35. The van der Waals surface area contributed by atoms with Gasteiger partial charge >= 0.3 is 7.32 Å². The van der Waals surface area contributed by atoms with E-state index >= 15 is 0 Å². The lowest BCUT2D eigenvalue weighted by Gasteiger charge is -2.21. The second kappa shape index (κ2) is 23.5. The summed E-state index contributed by atoms with van der Waals surface area (Å²) in [7, 11) is 1.52. The molecule has 0 amide bonds. The Kier molecular flexibility index (Phi) is 21.6. The van der Waals surface area contributed by atoms with Gasteiger partial charge in [-0.1, -0.05) is 123 Å². The first kappa shape index (κ1) is 32.1. The number of aromatic nitrogens is 1. The van der Waals surface area contributed by atoms with E-state index in [0.717, 1.165) is 19.3 Å². The molecule has 1 aromatic rings. The highest BCUT2D eigenvalue weighted by molar-refractivity contribution is 6.36. The summed E-state index contributed by atoms with van der Waals surface area (Å²) in [4.78, 5) is 0. The molecule has 202 valence electrons. The van der Waals surface area contributed by atoms with Gasteiger partial charge in [0, 0.05) is 25.3 Å². The van der Waals surface area contributed by atoms with Crippen LogP contribution in [0, 0.1) is 0 Å². The molecule has 0 aromatic carbocycles. The van der Waals surface area contributed by atoms with Gasteiger partial charge in [0.25, 0.3) is 0 Å². The molecule has 0 bridgehead atoms. The van der Waals surface area contributed by atoms with E-state index in [4.69, 9.17) is 14.0 Å². The van der Waals surface area contributed by atoms with E-state index < -0.39 is 7.32 Å². The molecule has 0 aliphatic heterocycles. The number of unbranched alkanes of at least 4 members (excludes halogenated alkanes) is 14. The molecule has 0 N–H and O–H groups in total. The number of rotatable bonds is 25. The third-order valence-corrected chi connectivity index (χ3v) is 6.77. The van der Waals surface area contributed by atoms with Crippen LogP contribution in [0.2, 0.25) is 0 Å². The van der Waals surface area contributed by atoms with Gasteiger partial charge in [-0.3, -0.25) is 0 Å². The Morgan fingerprint density at radius 2 is 1.14 bits per heavy atom. The highest BCUT2D eigenvalue weighted by Crippen LogP contribution is 2.23. The SMILES string of the molecule is CCCCCCCCOB(OCCCCCCCC)OC(CCCCCCC)c1cccc[n+]1C. The normalized spacial score (nSPS) is 12.2. The van der Waals surface area contributed by atoms with Crippen LogP contribution in [0.25, 0.3) is 0 Å². The van der Waals surface area contributed by atoms with Gasteiger partial charge in [-0.25, -0.2) is 4.57 Å². The zero-order valence-corrected chi connectivity index (χ0v) is 23.8. The van der Waals surface area contributed by atoms with Crippen molar-refractivity contribution in [2.24, 2.45) is 7.05 Å². The summed E-state index contributed by atoms with van der Waals surface area (Å²) in [5, 5.41) is 0. The van der Waals surface area contributed by atoms with Crippen molar-refractivity contribution in [2.45, 2.75) is 142 Å². The Balaban J connectivity index is 2.63. The highest BCUT2D eigenvalue weighted by Gasteiger charge is 2.30. The summed E-state index contributed by atoms with van der Waals surface area (Å²) in [5.41, 5.74) is 1.19. The van der Waals surface area contributed by atoms with Gasteiger partial charge in [-0.2, -0.15) is 0 Å². The summed E-state index contributed by atoms with van der Waals surface area (Å²) >= 11 is 0. The van der Waals surface area contributed by atoms with Crippen LogP contribution in [0.15, 0.2) is 24.4 Å². The first-order valence-corrected chi connectivity index (χ1v) is 15.1. The third kappa shape index (κ3) is 17.2. The number of pyridine rings is 1. The number of nitrogens with zero attached hydrogens (tertiary/aromatic N) is 1. The fourth-order valence-corrected chi connectivity index (χ4v) is 4.47. The molecule has 0 radical (unpaired) electrons. The molecule has 1 heterocycles. The largest absolute Gasteiger partial charge is 0.640 e. The Labute approximate surface area is 218 Å². The molecule has 0 spiro atoms. The topological polar surface area (TPSA) is 31.6 Å². The van der Waals surface area contributed by atoms with E-state index in [9.17, 15) is 0 Å². The third-order valence-electron chi connectivity index (χ3n) is 6.77. The second-order valence-corrected chi connectivity index (χ2v) is 10.1. The van der Waals surface area contributed by atoms with Crippen LogP contribution in [0.4, 0.5) is 0 Å². The quantitative estimate of drug-likeness (QED) is 0.0781. The molecule has 1 rings (SSSR count). The van der Waals surface area contributed by atoms with E-state index in [1.807, 2.05) is 0 Å². The Hall–Kier alpha value is -0.905. The molecular weight excluding hydrogens is 433 g/mol. The molecule has 1 unspecified atom stereocenters. The van der Waals surface area contributed by atoms with Gasteiger partial charge in [0.05, 0.1) is 0 Å². The molecule has 1 aromatic heterocycles. The van der Waals surface area contributed by atoms with Crippen molar-refractivity contribution in [1.29, 1.82) is 0 Å². The van der Waals surface area contributed by atoms with Crippen LogP contribution in [0.5, 0.6) is 0 Å². The first-order chi connectivity index (χ1) is 17.2. The maximum atomic E-state index is 6.55. The average molecular weight is 491 g/mol. The zero-order valence-electron chi connectivity index (χ0n) is 23.8. The highest BCUT2D eigenvalue weighted by atomic mass is 16.7. The van der Waals surface area contributed by atoms with Gasteiger partial charge in [-0.05, 0) is 19.3 Å². The number of hydrogen-bond donors (Lipinski definition) is 0. The molecule has 0 aliphatic carbocycles. The van der Waals surface area contributed by atoms with Gasteiger partial charge < -0.3 is 14.0 Å². The van der Waals surface area contributed by atoms with Crippen molar-refractivity contribution >= 4 is 7.32 Å². The van der Waals surface area contributed by atoms with Gasteiger partial charge in [0.2, 0.25) is 5.69 Å². The lowest BCUT2D eigenvalue weighted by molar-refractivity contribution is -0.682. The molecule has 0 saturated heterocycles. The van der Waals surface area contributed by atoms with Gasteiger partial charge in [-0.15, -0.1) is 0 Å². The molecule has 4 nitrogen and oxygen atoms in total. The molecule has 0 fully saturated rings. The minimum absolute atomic E-state index is 0.0121. The van der Waals surface area contributed by atoms with Crippen molar-refractivity contribution < 1.29 is 18.5 Å². The van der Waals surface area contributed by atoms with Crippen LogP contribution >= 0.6 is 0 Å². The Morgan fingerprint density at radius 3 is 1.66 bits per heavy atom. The monoisotopic (exact) mass is 490 g/mol. The number of hydrogen-bond acceptors (Lipinski definition) is 3. The Bertz CT molecular complexity index is 568. The van der Waals surface area contributed by atoms with Crippen LogP contribution < -0.4 is 4.57 Å². The zero-order chi connectivity index (χ0) is 25.4. The van der Waals surface area contributed by atoms with Crippen molar-refractivity contribution in [3.8, 4) is 0 Å². The van der Waals surface area contributed by atoms with E-state index in [2.05, 4.69) is 56.8 Å². The molecule has 0 aliphatic rings. The lowest BCUT2D eigenvalue weighted by atomic mass is 10.0. The summed E-state index contributed by atoms with van der Waals surface area (Å²) < 4.78 is 21.1. The maximum absolute atomic E-state index is 6.55. The van der Waals surface area contributed by atoms with Crippen LogP contribution in [0.1, 0.15) is 148 Å². The lowest BCUT2D eigenvalue weighted by Crippen LogP contribution is -2.38. The average Bonchev–Trinajstić information content (AvgIpc) is 2.86. The van der Waals surface area contributed by atoms with Crippen molar-refractivity contribution in [2.75, 3.05) is 13.2 Å². The van der Waals surface area contributed by atoms with E-state index in [-0.39, 0.29) is 6.10 Å². The maximum Gasteiger partial charge on any atom is 0.640 e. The van der Waals surface area contributed by atoms with E-state index in [1.54, 1.807) is 0 Å². The van der Waals surface area contributed by atoms with Gasteiger partial charge in [0.15, 0.2) is 6.20 Å². The first-order valence-electron chi connectivity index (χ1n) is 15.1. The fraction of sp³-hybridized carbons (Fsp3) is 0.833. The summed E-state index contributed by atoms with van der Waals surface area (Å²) in [6.07, 6.45) is 24.5. The van der Waals surface area contributed by atoms with Crippen molar-refractivity contribution in [3.05, 3.63) is 30.1 Å². The minimum Gasteiger partial charge on any atom is -0.386 e. The minimum atomic E-state index is -0.581. The molecule has 5 heteroatoms. The predicted molar refractivity (Wildman–Crippen MR) is 149 cm³/mol. The molecule has 35 heavy (non-hydrogen) atoms. The fourth-order valence-electron chi connectivity index (χ4n) is 4.47. The molecule has 0 saturated carbocycles. The molecule has 1 atom stereocenters.